The standard InChI is InChI=1S/C27H23NO4S2/c1-31-23-9-6-10-24-26(23)21-15-12-19(28-34(2,29)30)17-22(21)27(32-24)25-16-14-20(33-25)13-11-18-7-4-3-5-8-18/h3-17,27-28H,1-2H3. The van der Waals surface area contributed by atoms with E-state index in [4.69, 9.17) is 9.47 Å². The van der Waals surface area contributed by atoms with Gasteiger partial charge in [0.2, 0.25) is 10.0 Å². The lowest BCUT2D eigenvalue weighted by Gasteiger charge is -2.29. The number of sulfonamides is 1. The molecular formula is C27H23NO4S2. The van der Waals surface area contributed by atoms with Gasteiger partial charge in [0.25, 0.3) is 0 Å². The highest BCUT2D eigenvalue weighted by atomic mass is 32.2. The van der Waals surface area contributed by atoms with Crippen LogP contribution in [0, 0.1) is 0 Å². The summed E-state index contributed by atoms with van der Waals surface area (Å²) in [4.78, 5) is 2.13. The van der Waals surface area contributed by atoms with E-state index in [1.165, 1.54) is 0 Å². The van der Waals surface area contributed by atoms with Gasteiger partial charge in [0, 0.05) is 16.1 Å². The van der Waals surface area contributed by atoms with Crippen molar-refractivity contribution in [3.05, 3.63) is 99.7 Å². The molecule has 172 valence electrons. The molecule has 1 aromatic heterocycles. The molecular weight excluding hydrogens is 466 g/mol. The fourth-order valence-corrected chi connectivity index (χ4v) is 5.59. The van der Waals surface area contributed by atoms with Gasteiger partial charge in [0.15, 0.2) is 6.10 Å². The minimum atomic E-state index is -3.41. The molecule has 0 bridgehead atoms. The van der Waals surface area contributed by atoms with Crippen LogP contribution in [-0.4, -0.2) is 21.8 Å². The number of hydrogen-bond acceptors (Lipinski definition) is 5. The Labute approximate surface area is 203 Å². The topological polar surface area (TPSA) is 64.6 Å². The number of methoxy groups -OCH3 is 1. The maximum Gasteiger partial charge on any atom is 0.229 e. The first kappa shape index (κ1) is 22.3. The average Bonchev–Trinajstić information content (AvgIpc) is 3.30. The van der Waals surface area contributed by atoms with Gasteiger partial charge in [0.05, 0.1) is 23.8 Å². The van der Waals surface area contributed by atoms with Gasteiger partial charge in [0.1, 0.15) is 11.5 Å². The fraction of sp³-hybridized carbons (Fsp3) is 0.111. The summed E-state index contributed by atoms with van der Waals surface area (Å²) < 4.78 is 38.3. The number of rotatable bonds is 6. The third-order valence-corrected chi connectivity index (χ3v) is 7.21. The lowest BCUT2D eigenvalue weighted by Crippen LogP contribution is -2.16. The average molecular weight is 490 g/mol. The van der Waals surface area contributed by atoms with Crippen molar-refractivity contribution < 1.29 is 17.9 Å². The zero-order chi connectivity index (χ0) is 23.7. The lowest BCUT2D eigenvalue weighted by atomic mass is 9.91. The number of anilines is 1. The Morgan fingerprint density at radius 1 is 0.971 bits per heavy atom. The van der Waals surface area contributed by atoms with Crippen molar-refractivity contribution >= 4 is 39.2 Å². The SMILES string of the molecule is COc1cccc2c1-c1ccc(NS(C)(=O)=O)cc1C(c1ccc(C=Cc3ccccc3)s1)O2. The van der Waals surface area contributed by atoms with Crippen LogP contribution >= 0.6 is 11.3 Å². The Balaban J connectivity index is 1.57. The number of fused-ring (bicyclic) bond motifs is 3. The first-order valence-corrected chi connectivity index (χ1v) is 13.4. The lowest BCUT2D eigenvalue weighted by molar-refractivity contribution is 0.246. The van der Waals surface area contributed by atoms with Gasteiger partial charge in [-0.15, -0.1) is 11.3 Å². The van der Waals surface area contributed by atoms with Crippen molar-refractivity contribution in [2.45, 2.75) is 6.10 Å². The van der Waals surface area contributed by atoms with E-state index in [0.717, 1.165) is 44.0 Å². The highest BCUT2D eigenvalue weighted by Crippen LogP contribution is 2.50. The van der Waals surface area contributed by atoms with Crippen LogP contribution in [0.25, 0.3) is 23.3 Å². The molecule has 0 radical (unpaired) electrons. The van der Waals surface area contributed by atoms with Crippen LogP contribution in [0.2, 0.25) is 0 Å². The second-order valence-electron chi connectivity index (χ2n) is 7.99. The molecule has 0 saturated carbocycles. The highest BCUT2D eigenvalue weighted by molar-refractivity contribution is 7.92. The van der Waals surface area contributed by atoms with E-state index in [9.17, 15) is 8.42 Å². The fourth-order valence-electron chi connectivity index (χ4n) is 4.07. The van der Waals surface area contributed by atoms with Crippen LogP contribution in [0.3, 0.4) is 0 Å². The number of ether oxygens (including phenoxy) is 2. The summed E-state index contributed by atoms with van der Waals surface area (Å²) in [5.74, 6) is 1.44. The Hall–Kier alpha value is -3.55. The number of thiophene rings is 1. The molecule has 0 aliphatic carbocycles. The number of benzene rings is 3. The van der Waals surface area contributed by atoms with E-state index >= 15 is 0 Å². The van der Waals surface area contributed by atoms with Gasteiger partial charge in [-0.2, -0.15) is 0 Å². The summed E-state index contributed by atoms with van der Waals surface area (Å²) in [7, 11) is -1.78. The predicted octanol–water partition coefficient (Wildman–Crippen LogP) is 6.45. The van der Waals surface area contributed by atoms with Gasteiger partial charge in [-0.3, -0.25) is 4.72 Å². The van der Waals surface area contributed by atoms with E-state index in [1.54, 1.807) is 24.5 Å². The molecule has 0 spiro atoms. The van der Waals surface area contributed by atoms with E-state index in [0.29, 0.717) is 11.4 Å². The molecule has 3 aromatic carbocycles. The Kier molecular flexibility index (Phi) is 5.89. The van der Waals surface area contributed by atoms with Crippen molar-refractivity contribution in [3.63, 3.8) is 0 Å². The maximum absolute atomic E-state index is 11.8. The molecule has 0 amide bonds. The maximum atomic E-state index is 11.8. The van der Waals surface area contributed by atoms with Crippen molar-refractivity contribution in [2.75, 3.05) is 18.1 Å². The predicted molar refractivity (Wildman–Crippen MR) is 139 cm³/mol. The van der Waals surface area contributed by atoms with E-state index in [1.807, 2.05) is 48.5 Å². The van der Waals surface area contributed by atoms with E-state index in [-0.39, 0.29) is 6.10 Å². The number of hydrogen-bond donors (Lipinski definition) is 1. The molecule has 1 atom stereocenters. The summed E-state index contributed by atoms with van der Waals surface area (Å²) >= 11 is 1.64. The van der Waals surface area contributed by atoms with Crippen LogP contribution in [0.15, 0.2) is 78.9 Å². The molecule has 1 N–H and O–H groups in total. The smallest absolute Gasteiger partial charge is 0.229 e. The Morgan fingerprint density at radius 2 is 1.79 bits per heavy atom. The highest BCUT2D eigenvalue weighted by Gasteiger charge is 2.31. The Bertz CT molecular complexity index is 1470. The molecule has 34 heavy (non-hydrogen) atoms. The van der Waals surface area contributed by atoms with E-state index < -0.39 is 10.0 Å². The van der Waals surface area contributed by atoms with Crippen molar-refractivity contribution in [1.82, 2.24) is 0 Å². The van der Waals surface area contributed by atoms with Gasteiger partial charge >= 0.3 is 0 Å². The van der Waals surface area contributed by atoms with Gasteiger partial charge < -0.3 is 9.47 Å². The number of nitrogens with one attached hydrogen (secondary N) is 1. The summed E-state index contributed by atoms with van der Waals surface area (Å²) in [6.45, 7) is 0. The summed E-state index contributed by atoms with van der Waals surface area (Å²) in [6.07, 6.45) is 4.94. The minimum Gasteiger partial charge on any atom is -0.496 e. The van der Waals surface area contributed by atoms with Crippen LogP contribution in [0.4, 0.5) is 5.69 Å². The van der Waals surface area contributed by atoms with Crippen molar-refractivity contribution in [1.29, 1.82) is 0 Å². The zero-order valence-electron chi connectivity index (χ0n) is 18.7. The van der Waals surface area contributed by atoms with Crippen molar-refractivity contribution in [3.8, 4) is 22.6 Å². The summed E-state index contributed by atoms with van der Waals surface area (Å²) in [6, 6.07) is 25.5. The van der Waals surface area contributed by atoms with Crippen molar-refractivity contribution in [2.24, 2.45) is 0 Å². The van der Waals surface area contributed by atoms with Gasteiger partial charge in [-0.25, -0.2) is 8.42 Å². The van der Waals surface area contributed by atoms with E-state index in [2.05, 4.69) is 41.1 Å². The largest absolute Gasteiger partial charge is 0.496 e. The third-order valence-electron chi connectivity index (χ3n) is 5.50. The van der Waals surface area contributed by atoms with Crippen LogP contribution in [0.5, 0.6) is 11.5 Å². The first-order chi connectivity index (χ1) is 16.4. The molecule has 5 rings (SSSR count). The molecule has 2 heterocycles. The van der Waals surface area contributed by atoms with Gasteiger partial charge in [-0.1, -0.05) is 48.5 Å². The minimum absolute atomic E-state index is 0.375. The molecule has 0 saturated heterocycles. The monoisotopic (exact) mass is 489 g/mol. The molecule has 1 aliphatic heterocycles. The Morgan fingerprint density at radius 3 is 2.56 bits per heavy atom. The van der Waals surface area contributed by atoms with Crippen LogP contribution in [0.1, 0.15) is 27.0 Å². The van der Waals surface area contributed by atoms with Crippen LogP contribution in [-0.2, 0) is 10.0 Å². The molecule has 1 aliphatic rings. The molecule has 0 fully saturated rings. The van der Waals surface area contributed by atoms with Gasteiger partial charge in [-0.05, 0) is 53.6 Å². The normalized spacial score (nSPS) is 14.8. The summed E-state index contributed by atoms with van der Waals surface area (Å²) in [5, 5.41) is 0. The summed E-state index contributed by atoms with van der Waals surface area (Å²) in [5.41, 5.74) is 4.33. The second kappa shape index (κ2) is 9.00. The second-order valence-corrected chi connectivity index (χ2v) is 10.9. The molecule has 7 heteroatoms. The quantitative estimate of drug-likeness (QED) is 0.338. The zero-order valence-corrected chi connectivity index (χ0v) is 20.3. The third kappa shape index (κ3) is 4.58. The van der Waals surface area contributed by atoms with Crippen LogP contribution < -0.4 is 14.2 Å². The molecule has 4 aromatic rings. The first-order valence-electron chi connectivity index (χ1n) is 10.7. The molecule has 1 unspecified atom stereocenters. The molecule has 5 nitrogen and oxygen atoms in total.